The Hall–Kier alpha value is -2.96. The summed E-state index contributed by atoms with van der Waals surface area (Å²) in [5.74, 6) is 0.819. The predicted molar refractivity (Wildman–Crippen MR) is 121 cm³/mol. The zero-order valence-electron chi connectivity index (χ0n) is 18.4. The van der Waals surface area contributed by atoms with Crippen LogP contribution in [0.1, 0.15) is 68.3 Å². The zero-order chi connectivity index (χ0) is 21.8. The molecule has 4 rings (SSSR count). The number of hydrogen-bond acceptors (Lipinski definition) is 4. The molecule has 0 saturated heterocycles. The van der Waals surface area contributed by atoms with Gasteiger partial charge in [0, 0.05) is 37.0 Å². The fourth-order valence-electron chi connectivity index (χ4n) is 4.31. The van der Waals surface area contributed by atoms with Gasteiger partial charge in [0.15, 0.2) is 0 Å². The van der Waals surface area contributed by atoms with Crippen molar-refractivity contribution in [2.75, 3.05) is 0 Å². The van der Waals surface area contributed by atoms with Crippen LogP contribution in [0.2, 0.25) is 0 Å². The van der Waals surface area contributed by atoms with Gasteiger partial charge in [-0.3, -0.25) is 18.6 Å². The van der Waals surface area contributed by atoms with Crippen molar-refractivity contribution in [3.8, 4) is 5.69 Å². The van der Waals surface area contributed by atoms with Crippen LogP contribution in [0.5, 0.6) is 0 Å². The Labute approximate surface area is 182 Å². The van der Waals surface area contributed by atoms with Crippen molar-refractivity contribution < 1.29 is 4.79 Å². The average molecular weight is 422 g/mol. The highest BCUT2D eigenvalue weighted by Crippen LogP contribution is 2.17. The second kappa shape index (κ2) is 9.45. The summed E-state index contributed by atoms with van der Waals surface area (Å²) in [7, 11) is 0. The average Bonchev–Trinajstić information content (AvgIpc) is 2.99. The van der Waals surface area contributed by atoms with Gasteiger partial charge in [-0.25, -0.2) is 0 Å². The van der Waals surface area contributed by atoms with E-state index in [4.69, 9.17) is 0 Å². The maximum atomic E-state index is 12.9. The van der Waals surface area contributed by atoms with E-state index in [0.29, 0.717) is 36.8 Å². The molecule has 0 radical (unpaired) electrons. The van der Waals surface area contributed by atoms with Crippen LogP contribution in [-0.4, -0.2) is 31.1 Å². The number of carbonyl (C=O) groups excluding carboxylic acids is 1. The van der Waals surface area contributed by atoms with Crippen LogP contribution in [0.4, 0.5) is 0 Å². The molecule has 0 spiro atoms. The minimum absolute atomic E-state index is 0.109. The van der Waals surface area contributed by atoms with Crippen LogP contribution in [0, 0.1) is 13.8 Å². The lowest BCUT2D eigenvalue weighted by atomic mass is 10.1. The Morgan fingerprint density at radius 3 is 2.58 bits per heavy atom. The van der Waals surface area contributed by atoms with Gasteiger partial charge in [0.1, 0.15) is 5.82 Å². The first-order valence-electron chi connectivity index (χ1n) is 11.3. The molecule has 7 heteroatoms. The molecule has 0 atom stereocenters. The molecule has 3 aromatic rings. The summed E-state index contributed by atoms with van der Waals surface area (Å²) in [6.45, 7) is 4.08. The number of rotatable bonds is 6. The molecule has 164 valence electrons. The van der Waals surface area contributed by atoms with Crippen LogP contribution < -0.4 is 10.9 Å². The maximum Gasteiger partial charge on any atom is 0.300 e. The van der Waals surface area contributed by atoms with Gasteiger partial charge in [-0.15, -0.1) is 10.2 Å². The van der Waals surface area contributed by atoms with E-state index in [0.717, 1.165) is 24.1 Å². The quantitative estimate of drug-likeness (QED) is 0.616. The highest BCUT2D eigenvalue weighted by Gasteiger charge is 2.16. The normalized spacial score (nSPS) is 15.2. The van der Waals surface area contributed by atoms with Gasteiger partial charge in [0.25, 0.3) is 0 Å². The van der Waals surface area contributed by atoms with Gasteiger partial charge >= 0.3 is 5.56 Å². The van der Waals surface area contributed by atoms with E-state index in [1.165, 1.54) is 31.2 Å². The van der Waals surface area contributed by atoms with E-state index in [-0.39, 0.29) is 11.5 Å². The lowest BCUT2D eigenvalue weighted by molar-refractivity contribution is -0.122. The fourth-order valence-corrected chi connectivity index (χ4v) is 4.31. The second-order valence-electron chi connectivity index (χ2n) is 8.66. The summed E-state index contributed by atoms with van der Waals surface area (Å²) in [6.07, 6.45) is 12.5. The third-order valence-corrected chi connectivity index (χ3v) is 6.33. The van der Waals surface area contributed by atoms with E-state index >= 15 is 0 Å². The van der Waals surface area contributed by atoms with Crippen molar-refractivity contribution in [2.24, 2.45) is 0 Å². The van der Waals surface area contributed by atoms with Crippen molar-refractivity contribution >= 4 is 11.6 Å². The van der Waals surface area contributed by atoms with Gasteiger partial charge in [0.2, 0.25) is 11.6 Å². The predicted octanol–water partition coefficient (Wildman–Crippen LogP) is 3.66. The number of hydrogen-bond donors (Lipinski definition) is 1. The van der Waals surface area contributed by atoms with Gasteiger partial charge in [-0.1, -0.05) is 31.7 Å². The summed E-state index contributed by atoms with van der Waals surface area (Å²) in [6, 6.07) is 6.27. The standard InChI is InChI=1S/C24H31N5O2/c1-17-12-13-20(16-18(17)2)28-14-15-29-21(26-27-23(29)24(28)31)10-7-11-22(30)25-19-8-5-3-4-6-9-19/h12-16,19H,3-11H2,1-2H3,(H,25,30). The van der Waals surface area contributed by atoms with Gasteiger partial charge in [0.05, 0.1) is 0 Å². The second-order valence-corrected chi connectivity index (χ2v) is 8.66. The first kappa shape index (κ1) is 21.3. The molecular weight excluding hydrogens is 390 g/mol. The molecule has 1 N–H and O–H groups in total. The van der Waals surface area contributed by atoms with Crippen LogP contribution in [0.25, 0.3) is 11.3 Å². The highest BCUT2D eigenvalue weighted by molar-refractivity contribution is 5.76. The SMILES string of the molecule is Cc1ccc(-n2ccn3c(CCCC(=O)NC4CCCCCC4)nnc3c2=O)cc1C. The fraction of sp³-hybridized carbons (Fsp3) is 0.500. The van der Waals surface area contributed by atoms with Crippen LogP contribution in [0.15, 0.2) is 35.4 Å². The number of nitrogens with one attached hydrogen (secondary N) is 1. The first-order valence-corrected chi connectivity index (χ1v) is 11.3. The molecule has 0 aliphatic heterocycles. The van der Waals surface area contributed by atoms with Crippen molar-refractivity contribution in [1.82, 2.24) is 24.5 Å². The topological polar surface area (TPSA) is 81.3 Å². The number of fused-ring (bicyclic) bond motifs is 1. The molecule has 1 amide bonds. The molecule has 2 aromatic heterocycles. The highest BCUT2D eigenvalue weighted by atomic mass is 16.1. The van der Waals surface area contributed by atoms with Gasteiger partial charge < -0.3 is 5.32 Å². The largest absolute Gasteiger partial charge is 0.353 e. The summed E-state index contributed by atoms with van der Waals surface area (Å²) in [5.41, 5.74) is 3.24. The Bertz CT molecular complexity index is 1120. The molecule has 1 fully saturated rings. The van der Waals surface area contributed by atoms with Gasteiger partial charge in [-0.2, -0.15) is 0 Å². The van der Waals surface area contributed by atoms with Crippen molar-refractivity contribution in [3.05, 3.63) is 57.9 Å². The summed E-state index contributed by atoms with van der Waals surface area (Å²) in [4.78, 5) is 25.3. The van der Waals surface area contributed by atoms with E-state index < -0.39 is 0 Å². The summed E-state index contributed by atoms with van der Waals surface area (Å²) < 4.78 is 3.34. The molecule has 0 unspecified atom stereocenters. The molecule has 0 bridgehead atoms. The van der Waals surface area contributed by atoms with Crippen molar-refractivity contribution in [3.63, 3.8) is 0 Å². The van der Waals surface area contributed by atoms with Crippen LogP contribution >= 0.6 is 0 Å². The third-order valence-electron chi connectivity index (χ3n) is 6.33. The Kier molecular flexibility index (Phi) is 6.49. The van der Waals surface area contributed by atoms with Crippen LogP contribution in [-0.2, 0) is 11.2 Å². The zero-order valence-corrected chi connectivity index (χ0v) is 18.4. The van der Waals surface area contributed by atoms with Gasteiger partial charge in [-0.05, 0) is 56.4 Å². The van der Waals surface area contributed by atoms with Crippen molar-refractivity contribution in [2.45, 2.75) is 77.7 Å². The number of aryl methyl sites for hydroxylation is 3. The summed E-state index contributed by atoms with van der Waals surface area (Å²) in [5, 5.41) is 11.5. The van der Waals surface area contributed by atoms with E-state index in [9.17, 15) is 9.59 Å². The molecule has 7 nitrogen and oxygen atoms in total. The molecule has 1 aliphatic rings. The Morgan fingerprint density at radius 1 is 1.06 bits per heavy atom. The number of amides is 1. The number of nitrogens with zero attached hydrogens (tertiary/aromatic N) is 4. The maximum absolute atomic E-state index is 12.9. The van der Waals surface area contributed by atoms with Crippen molar-refractivity contribution in [1.29, 1.82) is 0 Å². The first-order chi connectivity index (χ1) is 15.0. The molecule has 1 aliphatic carbocycles. The molecule has 2 heterocycles. The lowest BCUT2D eigenvalue weighted by Gasteiger charge is -2.16. The Balaban J connectivity index is 1.41. The smallest absolute Gasteiger partial charge is 0.300 e. The molecule has 31 heavy (non-hydrogen) atoms. The summed E-state index contributed by atoms with van der Waals surface area (Å²) >= 11 is 0. The number of benzene rings is 1. The van der Waals surface area contributed by atoms with E-state index in [1.54, 1.807) is 15.2 Å². The third kappa shape index (κ3) is 4.86. The number of carbonyl (C=O) groups is 1. The van der Waals surface area contributed by atoms with E-state index in [2.05, 4.69) is 15.5 Å². The van der Waals surface area contributed by atoms with Crippen LogP contribution in [0.3, 0.4) is 0 Å². The monoisotopic (exact) mass is 421 g/mol. The molecule has 1 saturated carbocycles. The minimum Gasteiger partial charge on any atom is -0.353 e. The molecule has 1 aromatic carbocycles. The Morgan fingerprint density at radius 2 is 1.84 bits per heavy atom. The van der Waals surface area contributed by atoms with E-state index in [1.807, 2.05) is 38.2 Å². The number of aromatic nitrogens is 4. The minimum atomic E-state index is -0.199. The lowest BCUT2D eigenvalue weighted by Crippen LogP contribution is -2.34. The molecular formula is C24H31N5O2.